The molecular formula is C27H27Cl2N3O3. The Labute approximate surface area is 214 Å². The number of carbonyl (C=O) groups excluding carboxylic acids is 1. The summed E-state index contributed by atoms with van der Waals surface area (Å²) in [6.45, 7) is 3.72. The van der Waals surface area contributed by atoms with Crippen molar-refractivity contribution in [2.75, 3.05) is 0 Å². The molecule has 1 fully saturated rings. The number of aliphatic carboxylic acids is 1. The Bertz CT molecular complexity index is 1210. The zero-order chi connectivity index (χ0) is 25.2. The van der Waals surface area contributed by atoms with Crippen LogP contribution >= 0.6 is 23.2 Å². The molecule has 182 valence electrons. The SMILES string of the molecule is CCC(c1ncccn1)N1C(=O)[C@@](C)(CC(=O)O)C[C@H](c2cccc(Cl)c2)[C@H]1c1ccc(Cl)cc1. The highest BCUT2D eigenvalue weighted by molar-refractivity contribution is 6.30. The molecule has 0 aliphatic carbocycles. The lowest BCUT2D eigenvalue weighted by Gasteiger charge is -2.51. The number of carboxylic acids is 1. The summed E-state index contributed by atoms with van der Waals surface area (Å²) in [7, 11) is 0. The van der Waals surface area contributed by atoms with Crippen molar-refractivity contribution < 1.29 is 14.7 Å². The number of amides is 1. The van der Waals surface area contributed by atoms with Gasteiger partial charge < -0.3 is 10.0 Å². The number of benzene rings is 2. The third-order valence-electron chi connectivity index (χ3n) is 6.74. The molecule has 1 N–H and O–H groups in total. The first kappa shape index (κ1) is 25.1. The van der Waals surface area contributed by atoms with Gasteiger partial charge in [-0.25, -0.2) is 9.97 Å². The highest BCUT2D eigenvalue weighted by atomic mass is 35.5. The molecular weight excluding hydrogens is 485 g/mol. The van der Waals surface area contributed by atoms with Gasteiger partial charge in [0.25, 0.3) is 0 Å². The van der Waals surface area contributed by atoms with Crippen molar-refractivity contribution in [1.82, 2.24) is 14.9 Å². The number of hydrogen-bond acceptors (Lipinski definition) is 4. The molecule has 0 radical (unpaired) electrons. The van der Waals surface area contributed by atoms with Crippen LogP contribution in [-0.2, 0) is 9.59 Å². The van der Waals surface area contributed by atoms with Gasteiger partial charge in [-0.3, -0.25) is 9.59 Å². The Morgan fingerprint density at radius 2 is 1.77 bits per heavy atom. The standard InChI is InChI=1S/C27H27Cl2N3O3/c1-3-22(25-30-12-5-13-31-25)32-24(17-8-10-19(28)11-9-17)21(18-6-4-7-20(29)14-18)15-27(2,26(32)35)16-23(33)34/h4-14,21-22,24H,3,15-16H2,1-2H3,(H,33,34)/t21-,22?,24-,27-/m1/s1. The summed E-state index contributed by atoms with van der Waals surface area (Å²) in [6.07, 6.45) is 3.95. The van der Waals surface area contributed by atoms with Crippen LogP contribution in [0.15, 0.2) is 67.0 Å². The van der Waals surface area contributed by atoms with E-state index in [9.17, 15) is 14.7 Å². The Morgan fingerprint density at radius 3 is 2.37 bits per heavy atom. The molecule has 0 bridgehead atoms. The van der Waals surface area contributed by atoms with Gasteiger partial charge >= 0.3 is 5.97 Å². The van der Waals surface area contributed by atoms with Gasteiger partial charge in [-0.2, -0.15) is 0 Å². The fraction of sp³-hybridized carbons (Fsp3) is 0.333. The molecule has 35 heavy (non-hydrogen) atoms. The lowest BCUT2D eigenvalue weighted by molar-refractivity contribution is -0.161. The number of likely N-dealkylation sites (tertiary alicyclic amines) is 1. The number of piperidine rings is 1. The number of nitrogens with zero attached hydrogens (tertiary/aromatic N) is 3. The van der Waals surface area contributed by atoms with E-state index in [1.165, 1.54) is 0 Å². The summed E-state index contributed by atoms with van der Waals surface area (Å²) in [4.78, 5) is 36.8. The lowest BCUT2D eigenvalue weighted by atomic mass is 9.67. The monoisotopic (exact) mass is 511 g/mol. The third-order valence-corrected chi connectivity index (χ3v) is 7.23. The van der Waals surface area contributed by atoms with Gasteiger partial charge in [-0.15, -0.1) is 0 Å². The average molecular weight is 512 g/mol. The van der Waals surface area contributed by atoms with Crippen LogP contribution in [0, 0.1) is 5.41 Å². The molecule has 8 heteroatoms. The van der Waals surface area contributed by atoms with Crippen molar-refractivity contribution in [3.05, 3.63) is 94.0 Å². The van der Waals surface area contributed by atoms with Crippen LogP contribution in [0.4, 0.5) is 0 Å². The highest BCUT2D eigenvalue weighted by Gasteiger charge is 2.52. The summed E-state index contributed by atoms with van der Waals surface area (Å²) in [5.74, 6) is -0.932. The fourth-order valence-corrected chi connectivity index (χ4v) is 5.53. The Hall–Kier alpha value is -2.96. The molecule has 6 nitrogen and oxygen atoms in total. The topological polar surface area (TPSA) is 83.4 Å². The van der Waals surface area contributed by atoms with Crippen molar-refractivity contribution in [2.45, 2.75) is 51.1 Å². The van der Waals surface area contributed by atoms with Gasteiger partial charge in [0, 0.05) is 28.4 Å². The van der Waals surface area contributed by atoms with E-state index in [0.717, 1.165) is 11.1 Å². The summed E-state index contributed by atoms with van der Waals surface area (Å²) in [5.41, 5.74) is 0.721. The van der Waals surface area contributed by atoms with Gasteiger partial charge in [0.1, 0.15) is 0 Å². The van der Waals surface area contributed by atoms with Crippen molar-refractivity contribution in [3.8, 4) is 0 Å². The normalized spacial score (nSPS) is 23.2. The van der Waals surface area contributed by atoms with Gasteiger partial charge in [0.2, 0.25) is 5.91 Å². The molecule has 0 spiro atoms. The smallest absolute Gasteiger partial charge is 0.304 e. The first-order valence-electron chi connectivity index (χ1n) is 11.6. The number of rotatable bonds is 7. The van der Waals surface area contributed by atoms with E-state index in [1.807, 2.05) is 37.3 Å². The van der Waals surface area contributed by atoms with Crippen LogP contribution in [0.3, 0.4) is 0 Å². The molecule has 1 saturated heterocycles. The lowest BCUT2D eigenvalue weighted by Crippen LogP contribution is -2.53. The second-order valence-corrected chi connectivity index (χ2v) is 10.1. The highest BCUT2D eigenvalue weighted by Crippen LogP contribution is 2.53. The molecule has 4 rings (SSSR count). The van der Waals surface area contributed by atoms with Gasteiger partial charge in [0.05, 0.1) is 23.9 Å². The quantitative estimate of drug-likeness (QED) is 0.392. The minimum Gasteiger partial charge on any atom is -0.481 e. The minimum atomic E-state index is -1.12. The van der Waals surface area contributed by atoms with Crippen molar-refractivity contribution in [1.29, 1.82) is 0 Å². The first-order chi connectivity index (χ1) is 16.7. The van der Waals surface area contributed by atoms with E-state index in [0.29, 0.717) is 28.7 Å². The maximum atomic E-state index is 14.2. The number of aromatic nitrogens is 2. The largest absolute Gasteiger partial charge is 0.481 e. The first-order valence-corrected chi connectivity index (χ1v) is 12.3. The van der Waals surface area contributed by atoms with E-state index in [1.54, 1.807) is 48.5 Å². The van der Waals surface area contributed by atoms with E-state index in [2.05, 4.69) is 9.97 Å². The van der Waals surface area contributed by atoms with E-state index < -0.39 is 23.5 Å². The molecule has 2 heterocycles. The Kier molecular flexibility index (Phi) is 7.43. The summed E-state index contributed by atoms with van der Waals surface area (Å²) < 4.78 is 0. The van der Waals surface area contributed by atoms with E-state index in [-0.39, 0.29) is 18.2 Å². The van der Waals surface area contributed by atoms with Crippen molar-refractivity contribution in [2.24, 2.45) is 5.41 Å². The molecule has 2 aromatic carbocycles. The Morgan fingerprint density at radius 1 is 1.09 bits per heavy atom. The predicted octanol–water partition coefficient (Wildman–Crippen LogP) is 6.47. The second kappa shape index (κ2) is 10.3. The third kappa shape index (κ3) is 5.19. The zero-order valence-electron chi connectivity index (χ0n) is 19.6. The average Bonchev–Trinajstić information content (AvgIpc) is 2.83. The van der Waals surface area contributed by atoms with Crippen molar-refractivity contribution in [3.63, 3.8) is 0 Å². The molecule has 1 amide bonds. The summed E-state index contributed by atoms with van der Waals surface area (Å²) in [6, 6.07) is 15.9. The number of carbonyl (C=O) groups is 2. The predicted molar refractivity (Wildman–Crippen MR) is 135 cm³/mol. The maximum Gasteiger partial charge on any atom is 0.304 e. The molecule has 1 unspecified atom stereocenters. The van der Waals surface area contributed by atoms with Crippen LogP contribution < -0.4 is 0 Å². The van der Waals surface area contributed by atoms with Crippen LogP contribution in [0.5, 0.6) is 0 Å². The zero-order valence-corrected chi connectivity index (χ0v) is 21.1. The molecule has 1 aromatic heterocycles. The molecule has 4 atom stereocenters. The number of carboxylic acid groups (broad SMARTS) is 1. The second-order valence-electron chi connectivity index (χ2n) is 9.24. The van der Waals surface area contributed by atoms with Crippen LogP contribution in [-0.4, -0.2) is 31.9 Å². The van der Waals surface area contributed by atoms with Gasteiger partial charge in [-0.1, -0.05) is 61.3 Å². The molecule has 3 aromatic rings. The molecule has 0 saturated carbocycles. The van der Waals surface area contributed by atoms with Gasteiger partial charge in [-0.05, 0) is 54.3 Å². The number of halogens is 2. The number of hydrogen-bond donors (Lipinski definition) is 1. The summed E-state index contributed by atoms with van der Waals surface area (Å²) in [5, 5.41) is 10.9. The van der Waals surface area contributed by atoms with Crippen LogP contribution in [0.1, 0.15) is 68.1 Å². The molecule has 1 aliphatic rings. The molecule has 1 aliphatic heterocycles. The van der Waals surface area contributed by atoms with Gasteiger partial charge in [0.15, 0.2) is 5.82 Å². The Balaban J connectivity index is 1.95. The van der Waals surface area contributed by atoms with Crippen LogP contribution in [0.2, 0.25) is 10.0 Å². The minimum absolute atomic E-state index is 0.213. The maximum absolute atomic E-state index is 14.2. The van der Waals surface area contributed by atoms with E-state index >= 15 is 0 Å². The fourth-order valence-electron chi connectivity index (χ4n) is 5.21. The van der Waals surface area contributed by atoms with E-state index in [4.69, 9.17) is 23.2 Å². The summed E-state index contributed by atoms with van der Waals surface area (Å²) >= 11 is 12.6. The van der Waals surface area contributed by atoms with Crippen molar-refractivity contribution >= 4 is 35.1 Å². The van der Waals surface area contributed by atoms with Crippen LogP contribution in [0.25, 0.3) is 0 Å².